The van der Waals surface area contributed by atoms with Crippen LogP contribution in [0.2, 0.25) is 0 Å². The first-order valence-electron chi connectivity index (χ1n) is 9.83. The Bertz CT molecular complexity index is 1130. The summed E-state index contributed by atoms with van der Waals surface area (Å²) >= 11 is 0. The van der Waals surface area contributed by atoms with Gasteiger partial charge in [-0.1, -0.05) is 6.07 Å². The summed E-state index contributed by atoms with van der Waals surface area (Å²) in [6.07, 6.45) is 0.687. The topological polar surface area (TPSA) is 92.1 Å². The van der Waals surface area contributed by atoms with Crippen molar-refractivity contribution in [1.29, 1.82) is 0 Å². The van der Waals surface area contributed by atoms with Crippen LogP contribution in [0.5, 0.6) is 5.75 Å². The fraction of sp³-hybridized carbons (Fsp3) is 0.381. The highest BCUT2D eigenvalue weighted by Crippen LogP contribution is 2.27. The normalized spacial score (nSPS) is 17.6. The molecule has 164 valence electrons. The number of aromatic nitrogens is 1. The Morgan fingerprint density at radius 3 is 2.74 bits per heavy atom. The summed E-state index contributed by atoms with van der Waals surface area (Å²) in [5.74, 6) is -3.65. The maximum absolute atomic E-state index is 14.1. The van der Waals surface area contributed by atoms with Gasteiger partial charge in [-0.15, -0.1) is 0 Å². The van der Waals surface area contributed by atoms with Crippen molar-refractivity contribution in [2.45, 2.75) is 39.2 Å². The Balaban J connectivity index is 1.72. The molecule has 1 saturated heterocycles. The second-order valence-electron chi connectivity index (χ2n) is 7.81. The van der Waals surface area contributed by atoms with Crippen LogP contribution in [-0.4, -0.2) is 56.7 Å². The molecule has 1 atom stereocenters. The standard InChI is InChI=1S/C21H21F2N3O5/c1-11(2)26(8-12-3-4-13(22)7-15(12)23)20(29)14-9-24-10-16-25(5-6-31-16)21(30)17(24)19(28)18(14)27/h3-4,7,9,11,16,28H,5-6,8,10H2,1-2H3/t16-/m1/s1. The van der Waals surface area contributed by atoms with E-state index in [0.717, 1.165) is 12.1 Å². The molecule has 0 radical (unpaired) electrons. The number of aromatic hydroxyl groups is 1. The van der Waals surface area contributed by atoms with E-state index < -0.39 is 46.9 Å². The van der Waals surface area contributed by atoms with Crippen LogP contribution in [0.1, 0.15) is 40.3 Å². The zero-order valence-corrected chi connectivity index (χ0v) is 17.0. The lowest BCUT2D eigenvalue weighted by Gasteiger charge is -2.32. The second kappa shape index (κ2) is 7.77. The molecule has 0 saturated carbocycles. The van der Waals surface area contributed by atoms with Crippen molar-refractivity contribution < 1.29 is 28.2 Å². The van der Waals surface area contributed by atoms with Crippen molar-refractivity contribution in [2.24, 2.45) is 0 Å². The molecule has 0 unspecified atom stereocenters. The molecule has 1 aromatic heterocycles. The molecular formula is C21H21F2N3O5. The van der Waals surface area contributed by atoms with Crippen LogP contribution in [0.4, 0.5) is 8.78 Å². The number of ether oxygens (including phenoxy) is 1. The molecule has 2 aromatic rings. The first kappa shape index (κ1) is 21.0. The number of pyridine rings is 1. The Kier molecular flexibility index (Phi) is 5.26. The van der Waals surface area contributed by atoms with Gasteiger partial charge in [0.15, 0.2) is 17.7 Å². The number of carbonyl (C=O) groups is 2. The summed E-state index contributed by atoms with van der Waals surface area (Å²) < 4.78 is 34.2. The van der Waals surface area contributed by atoms with Crippen LogP contribution >= 0.6 is 0 Å². The SMILES string of the molecule is CC(C)N(Cc1ccc(F)cc1F)C(=O)c1cn2c(c(O)c1=O)C(=O)N1CCO[C@@H]1C2. The molecule has 4 rings (SSSR count). The van der Waals surface area contributed by atoms with Crippen molar-refractivity contribution in [3.05, 3.63) is 63.1 Å². The van der Waals surface area contributed by atoms with Gasteiger partial charge in [-0.2, -0.15) is 0 Å². The number of fused-ring (bicyclic) bond motifs is 2. The van der Waals surface area contributed by atoms with E-state index in [1.165, 1.54) is 26.6 Å². The Hall–Kier alpha value is -3.27. The predicted octanol–water partition coefficient (Wildman–Crippen LogP) is 1.69. The molecule has 8 nitrogen and oxygen atoms in total. The smallest absolute Gasteiger partial charge is 0.276 e. The van der Waals surface area contributed by atoms with E-state index in [9.17, 15) is 28.3 Å². The van der Waals surface area contributed by atoms with Gasteiger partial charge in [-0.25, -0.2) is 8.78 Å². The van der Waals surface area contributed by atoms with Crippen LogP contribution < -0.4 is 5.43 Å². The molecule has 3 heterocycles. The molecule has 2 aliphatic rings. The van der Waals surface area contributed by atoms with Crippen LogP contribution in [0.3, 0.4) is 0 Å². The summed E-state index contributed by atoms with van der Waals surface area (Å²) in [5.41, 5.74) is -1.44. The molecule has 1 aromatic carbocycles. The number of amides is 2. The van der Waals surface area contributed by atoms with E-state index in [0.29, 0.717) is 13.2 Å². The number of nitrogens with zero attached hydrogens (tertiary/aromatic N) is 3. The monoisotopic (exact) mass is 433 g/mol. The van der Waals surface area contributed by atoms with Crippen molar-refractivity contribution in [3.8, 4) is 5.75 Å². The van der Waals surface area contributed by atoms with Gasteiger partial charge in [-0.05, 0) is 19.9 Å². The first-order valence-corrected chi connectivity index (χ1v) is 9.83. The fourth-order valence-corrected chi connectivity index (χ4v) is 3.86. The highest BCUT2D eigenvalue weighted by Gasteiger charge is 2.39. The zero-order chi connectivity index (χ0) is 22.4. The quantitative estimate of drug-likeness (QED) is 0.793. The molecule has 0 spiro atoms. The Morgan fingerprint density at radius 2 is 2.06 bits per heavy atom. The minimum absolute atomic E-state index is 0.0795. The van der Waals surface area contributed by atoms with Gasteiger partial charge in [0, 0.05) is 37.0 Å². The van der Waals surface area contributed by atoms with Crippen LogP contribution in [0, 0.1) is 11.6 Å². The van der Waals surface area contributed by atoms with E-state index in [1.54, 1.807) is 13.8 Å². The molecule has 0 aliphatic carbocycles. The number of hydrogen-bond donors (Lipinski definition) is 1. The minimum Gasteiger partial charge on any atom is -0.503 e. The summed E-state index contributed by atoms with van der Waals surface area (Å²) in [6.45, 7) is 4.01. The van der Waals surface area contributed by atoms with E-state index in [-0.39, 0.29) is 29.9 Å². The first-order chi connectivity index (χ1) is 14.7. The lowest BCUT2D eigenvalue weighted by atomic mass is 10.1. The van der Waals surface area contributed by atoms with E-state index in [4.69, 9.17) is 4.74 Å². The molecular weight excluding hydrogens is 412 g/mol. The highest BCUT2D eigenvalue weighted by atomic mass is 19.1. The molecule has 1 N–H and O–H groups in total. The summed E-state index contributed by atoms with van der Waals surface area (Å²) in [7, 11) is 0. The largest absolute Gasteiger partial charge is 0.503 e. The van der Waals surface area contributed by atoms with Gasteiger partial charge in [0.25, 0.3) is 11.8 Å². The number of carbonyl (C=O) groups excluding carboxylic acids is 2. The third kappa shape index (κ3) is 3.56. The van der Waals surface area contributed by atoms with Crippen molar-refractivity contribution in [2.75, 3.05) is 13.2 Å². The maximum Gasteiger partial charge on any atom is 0.276 e. The van der Waals surface area contributed by atoms with Gasteiger partial charge in [-0.3, -0.25) is 14.4 Å². The minimum atomic E-state index is -0.978. The number of hydrogen-bond acceptors (Lipinski definition) is 5. The highest BCUT2D eigenvalue weighted by molar-refractivity contribution is 5.99. The van der Waals surface area contributed by atoms with E-state index >= 15 is 0 Å². The predicted molar refractivity (Wildman–Crippen MR) is 105 cm³/mol. The lowest BCUT2D eigenvalue weighted by molar-refractivity contribution is 0.00838. The average molecular weight is 433 g/mol. The molecule has 10 heteroatoms. The molecule has 2 aliphatic heterocycles. The third-order valence-electron chi connectivity index (χ3n) is 5.53. The van der Waals surface area contributed by atoms with Gasteiger partial charge >= 0.3 is 0 Å². The average Bonchev–Trinajstić information content (AvgIpc) is 3.18. The fourth-order valence-electron chi connectivity index (χ4n) is 3.86. The zero-order valence-electron chi connectivity index (χ0n) is 17.0. The van der Waals surface area contributed by atoms with Crippen molar-refractivity contribution in [3.63, 3.8) is 0 Å². The Morgan fingerprint density at radius 1 is 1.32 bits per heavy atom. The lowest BCUT2D eigenvalue weighted by Crippen LogP contribution is -2.47. The van der Waals surface area contributed by atoms with Crippen molar-refractivity contribution >= 4 is 11.8 Å². The van der Waals surface area contributed by atoms with Gasteiger partial charge in [0.1, 0.15) is 17.2 Å². The number of rotatable bonds is 4. The molecule has 31 heavy (non-hydrogen) atoms. The van der Waals surface area contributed by atoms with Gasteiger partial charge in [0.2, 0.25) is 5.43 Å². The summed E-state index contributed by atoms with van der Waals surface area (Å²) in [6, 6.07) is 2.60. The molecule has 2 amide bonds. The van der Waals surface area contributed by atoms with Crippen LogP contribution in [0.25, 0.3) is 0 Å². The number of halogens is 2. The van der Waals surface area contributed by atoms with Crippen LogP contribution in [-0.2, 0) is 17.8 Å². The summed E-state index contributed by atoms with van der Waals surface area (Å²) in [5, 5.41) is 10.5. The van der Waals surface area contributed by atoms with Crippen molar-refractivity contribution in [1.82, 2.24) is 14.4 Å². The maximum atomic E-state index is 14.1. The van der Waals surface area contributed by atoms with Gasteiger partial charge < -0.3 is 24.2 Å². The summed E-state index contributed by atoms with van der Waals surface area (Å²) in [4.78, 5) is 41.3. The van der Waals surface area contributed by atoms with E-state index in [2.05, 4.69) is 0 Å². The number of benzene rings is 1. The second-order valence-corrected chi connectivity index (χ2v) is 7.81. The molecule has 0 bridgehead atoms. The van der Waals surface area contributed by atoms with Crippen LogP contribution in [0.15, 0.2) is 29.2 Å². The third-order valence-corrected chi connectivity index (χ3v) is 5.53. The molecule has 1 fully saturated rings. The van der Waals surface area contributed by atoms with Gasteiger partial charge in [0.05, 0.1) is 13.2 Å². The van der Waals surface area contributed by atoms with E-state index in [1.807, 2.05) is 0 Å². The Labute approximate surface area is 176 Å².